The fourth-order valence-electron chi connectivity index (χ4n) is 2.87. The van der Waals surface area contributed by atoms with Crippen LogP contribution in [0.3, 0.4) is 0 Å². The van der Waals surface area contributed by atoms with Crippen LogP contribution >= 0.6 is 11.8 Å². The van der Waals surface area contributed by atoms with E-state index < -0.39 is 29.3 Å². The second kappa shape index (κ2) is 8.42. The van der Waals surface area contributed by atoms with Gasteiger partial charge in [-0.2, -0.15) is 0 Å². The minimum Gasteiger partial charge on any atom is -0.543 e. The van der Waals surface area contributed by atoms with Gasteiger partial charge in [-0.25, -0.2) is 4.79 Å². The first kappa shape index (κ1) is 21.4. The summed E-state index contributed by atoms with van der Waals surface area (Å²) in [6, 6.07) is 6.21. The van der Waals surface area contributed by atoms with Crippen LogP contribution in [0.15, 0.2) is 30.0 Å². The number of benzene rings is 1. The molecule has 0 unspecified atom stereocenters. The number of β-lactam (4-membered cyclic amide) rings is 1. The fourth-order valence-corrected chi connectivity index (χ4v) is 4.49. The van der Waals surface area contributed by atoms with E-state index in [9.17, 15) is 24.6 Å². The van der Waals surface area contributed by atoms with E-state index in [1.807, 2.05) is 0 Å². The maximum atomic E-state index is 12.2. The molecule has 132 valence electrons. The molecule has 3 atom stereocenters. The van der Waals surface area contributed by atoms with Crippen molar-refractivity contribution in [3.63, 3.8) is 0 Å². The molecule has 0 saturated carbocycles. The van der Waals surface area contributed by atoms with Gasteiger partial charge in [-0.3, -0.25) is 9.69 Å². The van der Waals surface area contributed by atoms with Gasteiger partial charge in [-0.15, -0.1) is 0 Å². The summed E-state index contributed by atoms with van der Waals surface area (Å²) in [4.78, 5) is 36.6. The molecule has 0 aromatic heterocycles. The number of anilines is 1. The van der Waals surface area contributed by atoms with Crippen molar-refractivity contribution < 1.29 is 76.0 Å². The van der Waals surface area contributed by atoms with Crippen molar-refractivity contribution in [2.75, 3.05) is 12.4 Å². The molecule has 26 heavy (non-hydrogen) atoms. The molecule has 1 saturated heterocycles. The van der Waals surface area contributed by atoms with Gasteiger partial charge in [0.25, 0.3) is 0 Å². The molecular weight excluding hydrogens is 385 g/mol. The van der Waals surface area contributed by atoms with Gasteiger partial charge >= 0.3 is 57.4 Å². The zero-order chi connectivity index (χ0) is 18.3. The largest absolute Gasteiger partial charge is 1.00 e. The van der Waals surface area contributed by atoms with E-state index in [0.29, 0.717) is 16.2 Å². The number of rotatable bonds is 4. The molecule has 2 heterocycles. The van der Waals surface area contributed by atoms with Crippen molar-refractivity contribution in [3.8, 4) is 0 Å². The number of carbonyl (C=O) groups excluding carboxylic acids is 3. The third-order valence-electron chi connectivity index (χ3n) is 4.12. The van der Waals surface area contributed by atoms with Crippen LogP contribution in [0.5, 0.6) is 0 Å². The predicted octanol–water partition coefficient (Wildman–Crippen LogP) is -3.23. The first-order chi connectivity index (χ1) is 11.8. The van der Waals surface area contributed by atoms with E-state index in [4.69, 9.17) is 0 Å². The Balaban J connectivity index is 0.00000243. The number of nitrogens with zero attached hydrogens (tertiary/aromatic N) is 1. The summed E-state index contributed by atoms with van der Waals surface area (Å²) in [5.74, 6) is -2.49. The molecule has 2 aliphatic rings. The number of aliphatic hydroxyl groups excluding tert-OH is 1. The van der Waals surface area contributed by atoms with Gasteiger partial charge in [0.15, 0.2) is 0 Å². The monoisotopic (exact) mass is 401 g/mol. The van der Waals surface area contributed by atoms with Crippen molar-refractivity contribution in [3.05, 3.63) is 35.5 Å². The Bertz CT molecular complexity index is 781. The van der Waals surface area contributed by atoms with Crippen LogP contribution < -0.4 is 67.1 Å². The number of nitrogens with one attached hydrogen (secondary N) is 2. The van der Waals surface area contributed by atoms with Gasteiger partial charge in [-0.05, 0) is 24.6 Å². The number of hydrogen-bond donors (Lipinski definition) is 3. The van der Waals surface area contributed by atoms with Gasteiger partial charge in [0.1, 0.15) is 5.37 Å². The molecule has 1 aromatic rings. The molecule has 3 rings (SSSR count). The molecule has 0 aliphatic carbocycles. The zero-order valence-electron chi connectivity index (χ0n) is 14.5. The van der Waals surface area contributed by atoms with Gasteiger partial charge in [-0.1, -0.05) is 23.9 Å². The third-order valence-corrected chi connectivity index (χ3v) is 5.53. The SMILES string of the molecule is CNC(=O)Nc1ccc(C2=C(C(=O)[O-])N3C(=O)[C@H]([C@@H](C)O)[C@H]3S2)cc1.[K+]. The molecular formula is C16H16KN3O5S. The van der Waals surface area contributed by atoms with E-state index >= 15 is 0 Å². The molecule has 1 aromatic carbocycles. The number of amides is 3. The van der Waals surface area contributed by atoms with Gasteiger partial charge < -0.3 is 25.6 Å². The van der Waals surface area contributed by atoms with Crippen LogP contribution in [0.25, 0.3) is 4.91 Å². The topological polar surface area (TPSA) is 122 Å². The average molecular weight is 401 g/mol. The van der Waals surface area contributed by atoms with Crippen LogP contribution in [0.2, 0.25) is 0 Å². The van der Waals surface area contributed by atoms with Crippen LogP contribution in [0.1, 0.15) is 12.5 Å². The van der Waals surface area contributed by atoms with Crippen LogP contribution in [-0.2, 0) is 9.59 Å². The standard InChI is InChI=1S/C16H17N3O5S.K/c1-7(20)10-13(21)19-11(15(22)23)12(25-14(10)19)8-3-5-9(6-4-8)18-16(24)17-2;/h3-7,10,14,20H,1-2H3,(H,22,23)(H2,17,18,24);/q;+1/p-1/t7-,10+,14-;/m1./s1. The molecule has 10 heteroatoms. The maximum Gasteiger partial charge on any atom is 1.00 e. The summed E-state index contributed by atoms with van der Waals surface area (Å²) in [6.07, 6.45) is -0.859. The quantitative estimate of drug-likeness (QED) is 0.360. The van der Waals surface area contributed by atoms with Crippen molar-refractivity contribution in [2.45, 2.75) is 18.4 Å². The summed E-state index contributed by atoms with van der Waals surface area (Å²) < 4.78 is 0. The zero-order valence-corrected chi connectivity index (χ0v) is 18.4. The minimum absolute atomic E-state index is 0. The van der Waals surface area contributed by atoms with Crippen molar-refractivity contribution in [1.29, 1.82) is 0 Å². The maximum absolute atomic E-state index is 12.2. The molecule has 2 aliphatic heterocycles. The third kappa shape index (κ3) is 3.72. The predicted molar refractivity (Wildman–Crippen MR) is 89.8 cm³/mol. The van der Waals surface area contributed by atoms with Crippen LogP contribution in [-0.4, -0.2) is 46.4 Å². The summed E-state index contributed by atoms with van der Waals surface area (Å²) >= 11 is 1.22. The van der Waals surface area contributed by atoms with Gasteiger partial charge in [0.2, 0.25) is 5.91 Å². The Labute approximate surface area is 196 Å². The summed E-state index contributed by atoms with van der Waals surface area (Å²) in [7, 11) is 1.50. The fraction of sp³-hybridized carbons (Fsp3) is 0.312. The number of aliphatic hydroxyl groups is 1. The number of hydrogen-bond acceptors (Lipinski definition) is 6. The average Bonchev–Trinajstić information content (AvgIpc) is 2.90. The molecule has 3 amide bonds. The number of thioether (sulfide) groups is 1. The van der Waals surface area contributed by atoms with Crippen LogP contribution in [0.4, 0.5) is 10.5 Å². The number of carbonyl (C=O) groups is 3. The van der Waals surface area contributed by atoms with Gasteiger partial charge in [0.05, 0.1) is 23.7 Å². The summed E-state index contributed by atoms with van der Waals surface area (Å²) in [5.41, 5.74) is 0.963. The second-order valence-corrected chi connectivity index (χ2v) is 6.86. The Morgan fingerprint density at radius 3 is 2.42 bits per heavy atom. The van der Waals surface area contributed by atoms with Gasteiger partial charge in [0, 0.05) is 17.6 Å². The number of aliphatic carboxylic acids is 1. The summed E-state index contributed by atoms with van der Waals surface area (Å²) in [5, 5.41) is 25.9. The molecule has 0 bridgehead atoms. The molecule has 3 N–H and O–H groups in total. The number of carboxylic acid groups (broad SMARTS) is 1. The molecule has 0 radical (unpaired) electrons. The smallest absolute Gasteiger partial charge is 0.543 e. The molecule has 0 spiro atoms. The van der Waals surface area contributed by atoms with Crippen molar-refractivity contribution in [1.82, 2.24) is 10.2 Å². The Morgan fingerprint density at radius 1 is 1.31 bits per heavy atom. The van der Waals surface area contributed by atoms with E-state index in [0.717, 1.165) is 0 Å². The number of urea groups is 1. The normalized spacial score (nSPS) is 22.1. The Hall–Kier alpha value is -0.884. The summed E-state index contributed by atoms with van der Waals surface area (Å²) in [6.45, 7) is 1.51. The minimum atomic E-state index is -1.44. The van der Waals surface area contributed by atoms with Crippen molar-refractivity contribution in [2.24, 2.45) is 5.92 Å². The Morgan fingerprint density at radius 2 is 1.92 bits per heavy atom. The van der Waals surface area contributed by atoms with Crippen molar-refractivity contribution >= 4 is 40.3 Å². The Kier molecular flexibility index (Phi) is 6.94. The van der Waals surface area contributed by atoms with E-state index in [2.05, 4.69) is 10.6 Å². The number of fused-ring (bicyclic) bond motifs is 1. The van der Waals surface area contributed by atoms with E-state index in [1.165, 1.54) is 30.6 Å². The first-order valence-electron chi connectivity index (χ1n) is 7.57. The van der Waals surface area contributed by atoms with E-state index in [1.54, 1.807) is 24.3 Å². The van der Waals surface area contributed by atoms with E-state index in [-0.39, 0.29) is 63.1 Å². The molecule has 1 fully saturated rings. The first-order valence-corrected chi connectivity index (χ1v) is 8.45. The second-order valence-electron chi connectivity index (χ2n) is 5.73. The van der Waals surface area contributed by atoms with Crippen LogP contribution in [0, 0.1) is 5.92 Å². The molecule has 8 nitrogen and oxygen atoms in total. The number of carboxylic acids is 1.